The van der Waals surface area contributed by atoms with Crippen LogP contribution in [0.2, 0.25) is 10.0 Å². The minimum absolute atomic E-state index is 0.102. The first-order valence-electron chi connectivity index (χ1n) is 16.9. The van der Waals surface area contributed by atoms with Crippen molar-refractivity contribution in [2.75, 3.05) is 22.9 Å². The molecule has 2 N–H and O–H groups in total. The van der Waals surface area contributed by atoms with Crippen LogP contribution in [0, 0.1) is 6.92 Å². The van der Waals surface area contributed by atoms with Crippen LogP contribution >= 0.6 is 23.2 Å². The van der Waals surface area contributed by atoms with E-state index in [4.69, 9.17) is 23.2 Å². The Bertz CT molecular complexity index is 2660. The summed E-state index contributed by atoms with van der Waals surface area (Å²) in [4.78, 5) is 31.5. The normalized spacial score (nSPS) is 11.7. The van der Waals surface area contributed by atoms with E-state index in [1.165, 1.54) is 6.08 Å². The van der Waals surface area contributed by atoms with E-state index < -0.39 is 0 Å². The van der Waals surface area contributed by atoms with Gasteiger partial charge < -0.3 is 20.0 Å². The van der Waals surface area contributed by atoms with Crippen molar-refractivity contribution >= 4 is 68.5 Å². The molecule has 0 atom stereocenters. The standard InChI is InChI=1S/2C19H19ClN4O2/c1-5-21(19(26)11(2)3)15-10-18(25)17(8-12(15)4)24-22-14-7-6-13(20)9-16(14)23(22)24;1-4-12-9-17(18(25)11-15(12)21(6-3)19(26)5-2)24-22-14-8-7-13(20)10-16(14)23(22)24/h6-10,25H,2,5H2,1,3-4H3;5,7-11,25H,2,4,6H2,1,3H3. The van der Waals surface area contributed by atoms with Crippen LogP contribution in [0.4, 0.5) is 11.4 Å². The fourth-order valence-corrected chi connectivity index (χ4v) is 7.01. The number of phenols is 2. The molecule has 8 rings (SSSR count). The third-order valence-corrected chi connectivity index (χ3v) is 9.77. The van der Waals surface area contributed by atoms with Gasteiger partial charge in [0, 0.05) is 40.8 Å². The van der Waals surface area contributed by atoms with Crippen molar-refractivity contribution in [2.24, 2.45) is 0 Å². The van der Waals surface area contributed by atoms with Crippen LogP contribution < -0.4 is 9.80 Å². The molecule has 4 aromatic carbocycles. The first kappa shape index (κ1) is 34.7. The summed E-state index contributed by atoms with van der Waals surface area (Å²) < 4.78 is 7.75. The second-order valence-electron chi connectivity index (χ2n) is 12.6. The maximum Gasteiger partial charge on any atom is 0.253 e. The van der Waals surface area contributed by atoms with E-state index in [1.54, 1.807) is 28.9 Å². The molecule has 0 spiro atoms. The minimum Gasteiger partial charge on any atom is -0.506 e. The molecule has 0 aliphatic rings. The van der Waals surface area contributed by atoms with Crippen molar-refractivity contribution in [3.63, 3.8) is 0 Å². The minimum atomic E-state index is -0.185. The molecule has 4 heterocycles. The van der Waals surface area contributed by atoms with Crippen LogP contribution in [0.15, 0.2) is 85.5 Å². The lowest BCUT2D eigenvalue weighted by Gasteiger charge is -2.23. The molecule has 14 heteroatoms. The van der Waals surface area contributed by atoms with Gasteiger partial charge in [-0.2, -0.15) is 0 Å². The highest BCUT2D eigenvalue weighted by Crippen LogP contribution is 2.38. The third kappa shape index (κ3) is 5.37. The lowest BCUT2D eigenvalue weighted by atomic mass is 10.1. The number of aromatic hydroxyl groups is 2. The van der Waals surface area contributed by atoms with Gasteiger partial charge in [0.15, 0.2) is 0 Å². The van der Waals surface area contributed by atoms with E-state index in [0.29, 0.717) is 51.5 Å². The topological polar surface area (TPSA) is 109 Å². The lowest BCUT2D eigenvalue weighted by Crippen LogP contribution is -2.31. The number of likely N-dealkylation sites (N-methyl/N-ethyl adjacent to an activating group) is 2. The number of aromatic nitrogens is 6. The van der Waals surface area contributed by atoms with Gasteiger partial charge in [0.2, 0.25) is 5.91 Å². The average Bonchev–Trinajstić information content (AvgIpc) is 3.99. The van der Waals surface area contributed by atoms with Crippen LogP contribution in [0.25, 0.3) is 33.4 Å². The van der Waals surface area contributed by atoms with E-state index in [1.807, 2.05) is 104 Å². The fourth-order valence-electron chi connectivity index (χ4n) is 6.67. The number of carbonyl (C=O) groups excluding carboxylic acids is 2. The maximum absolute atomic E-state index is 12.4. The van der Waals surface area contributed by atoms with Crippen molar-refractivity contribution < 1.29 is 19.8 Å². The van der Waals surface area contributed by atoms with Crippen molar-refractivity contribution in [3.8, 4) is 22.9 Å². The molecule has 4 aromatic heterocycles. The van der Waals surface area contributed by atoms with Crippen molar-refractivity contribution in [1.29, 1.82) is 0 Å². The summed E-state index contributed by atoms with van der Waals surface area (Å²) in [7, 11) is 0. The smallest absolute Gasteiger partial charge is 0.253 e. The maximum atomic E-state index is 12.4. The molecule has 52 heavy (non-hydrogen) atoms. The number of hydrogen-bond donors (Lipinski definition) is 2. The molecular weight excluding hydrogens is 703 g/mol. The molecule has 0 bridgehead atoms. The van der Waals surface area contributed by atoms with Gasteiger partial charge in [0.25, 0.3) is 5.91 Å². The molecule has 0 aliphatic heterocycles. The van der Waals surface area contributed by atoms with Gasteiger partial charge in [-0.25, -0.2) is 0 Å². The summed E-state index contributed by atoms with van der Waals surface area (Å²) in [6.07, 6.45) is 2.02. The van der Waals surface area contributed by atoms with Crippen molar-refractivity contribution in [2.45, 2.75) is 41.0 Å². The van der Waals surface area contributed by atoms with Gasteiger partial charge in [0.05, 0.1) is 11.4 Å². The Morgan fingerprint density at radius 3 is 1.67 bits per heavy atom. The highest BCUT2D eigenvalue weighted by molar-refractivity contribution is 6.31. The lowest BCUT2D eigenvalue weighted by molar-refractivity contribution is -0.115. The number of aryl methyl sites for hydroxylation is 2. The Kier molecular flexibility index (Phi) is 8.55. The molecule has 0 fully saturated rings. The van der Waals surface area contributed by atoms with Crippen molar-refractivity contribution in [1.82, 2.24) is 28.1 Å². The Labute approximate surface area is 308 Å². The summed E-state index contributed by atoms with van der Waals surface area (Å²) in [6, 6.07) is 18.4. The Morgan fingerprint density at radius 1 is 0.731 bits per heavy atom. The predicted octanol–water partition coefficient (Wildman–Crippen LogP) is 7.90. The molecule has 0 radical (unpaired) electrons. The molecule has 8 aromatic rings. The molecular formula is C38H38Cl2N8O4. The van der Waals surface area contributed by atoms with Crippen LogP contribution in [0.3, 0.4) is 0 Å². The zero-order valence-corrected chi connectivity index (χ0v) is 30.9. The Morgan fingerprint density at radius 2 is 1.21 bits per heavy atom. The first-order valence-corrected chi connectivity index (χ1v) is 17.6. The summed E-state index contributed by atoms with van der Waals surface area (Å²) in [5, 5.41) is 22.6. The number of amides is 2. The van der Waals surface area contributed by atoms with Crippen molar-refractivity contribution in [3.05, 3.63) is 107 Å². The molecule has 2 amide bonds. The van der Waals surface area contributed by atoms with Gasteiger partial charge in [0.1, 0.15) is 44.9 Å². The first-order chi connectivity index (χ1) is 24.9. The average molecular weight is 742 g/mol. The van der Waals surface area contributed by atoms with E-state index in [9.17, 15) is 19.8 Å². The number of nitrogens with zero attached hydrogens (tertiary/aromatic N) is 8. The Balaban J connectivity index is 0.000000162. The highest BCUT2D eigenvalue weighted by Gasteiger charge is 2.29. The number of phenolic OH excluding ortho intramolecular Hbond substituents is 2. The molecule has 0 saturated heterocycles. The van der Waals surface area contributed by atoms with Crippen LogP contribution in [-0.4, -0.2) is 63.2 Å². The quantitative estimate of drug-likeness (QED) is 0.147. The number of anilines is 2. The molecule has 12 nitrogen and oxygen atoms in total. The number of halogens is 2. The summed E-state index contributed by atoms with van der Waals surface area (Å²) in [5.74, 6) is -0.122. The zero-order chi connectivity index (χ0) is 37.3. The number of hydrogen-bond acceptors (Lipinski definition) is 4. The fraction of sp³-hybridized carbons (Fsp3) is 0.211. The van der Waals surface area contributed by atoms with Gasteiger partial charge in [-0.1, -0.05) is 43.3 Å². The highest BCUT2D eigenvalue weighted by atomic mass is 35.5. The number of benzene rings is 4. The zero-order valence-electron chi connectivity index (χ0n) is 29.4. The second kappa shape index (κ2) is 12.8. The van der Waals surface area contributed by atoms with Gasteiger partial charge in [-0.15, -0.1) is 28.1 Å². The molecule has 0 aliphatic carbocycles. The number of fused-ring (bicyclic) bond motifs is 8. The number of carbonyl (C=O) groups is 2. The van der Waals surface area contributed by atoms with Gasteiger partial charge >= 0.3 is 0 Å². The van der Waals surface area contributed by atoms with E-state index in [0.717, 1.165) is 39.6 Å². The van der Waals surface area contributed by atoms with Crippen LogP contribution in [-0.2, 0) is 16.0 Å². The molecule has 0 unspecified atom stereocenters. The number of rotatable bonds is 9. The molecule has 268 valence electrons. The second-order valence-corrected chi connectivity index (χ2v) is 13.4. The SMILES string of the molecule is C=C(C)C(=O)N(CC)c1cc(O)c(-n2n3c4ccc(Cl)cc4n23)cc1C.C=CC(=O)N(CC)c1cc(O)c(-n2n3c4ccc(Cl)cc4n23)cc1CC. The summed E-state index contributed by atoms with van der Waals surface area (Å²) in [6.45, 7) is 17.7. The summed E-state index contributed by atoms with van der Waals surface area (Å²) in [5.41, 5.74) is 9.09. The third-order valence-electron chi connectivity index (χ3n) is 9.30. The summed E-state index contributed by atoms with van der Waals surface area (Å²) >= 11 is 12.1. The Hall–Kier alpha value is -5.72. The predicted molar refractivity (Wildman–Crippen MR) is 206 cm³/mol. The van der Waals surface area contributed by atoms with Crippen LogP contribution in [0.1, 0.15) is 38.8 Å². The van der Waals surface area contributed by atoms with Gasteiger partial charge in [-0.05, 0) is 99.8 Å². The van der Waals surface area contributed by atoms with Gasteiger partial charge in [-0.3, -0.25) is 9.59 Å². The molecule has 0 saturated carbocycles. The van der Waals surface area contributed by atoms with Crippen LogP contribution in [0.5, 0.6) is 11.5 Å². The largest absolute Gasteiger partial charge is 0.506 e. The van der Waals surface area contributed by atoms with E-state index >= 15 is 0 Å². The van der Waals surface area contributed by atoms with E-state index in [2.05, 4.69) is 13.2 Å². The van der Waals surface area contributed by atoms with E-state index in [-0.39, 0.29) is 23.3 Å². The monoisotopic (exact) mass is 740 g/mol.